The van der Waals surface area contributed by atoms with Gasteiger partial charge in [-0.1, -0.05) is 11.3 Å². The Morgan fingerprint density at radius 1 is 1.39 bits per heavy atom. The molecule has 1 atom stereocenters. The van der Waals surface area contributed by atoms with E-state index < -0.39 is 11.9 Å². The van der Waals surface area contributed by atoms with Crippen molar-refractivity contribution in [2.45, 2.75) is 26.4 Å². The normalized spacial score (nSPS) is 16.3. The van der Waals surface area contributed by atoms with E-state index in [1.165, 1.54) is 18.0 Å². The van der Waals surface area contributed by atoms with Crippen molar-refractivity contribution in [1.29, 1.82) is 0 Å². The van der Waals surface area contributed by atoms with E-state index in [1.54, 1.807) is 11.0 Å². The van der Waals surface area contributed by atoms with Crippen LogP contribution in [0.1, 0.15) is 17.7 Å². The van der Waals surface area contributed by atoms with Crippen LogP contribution in [-0.4, -0.2) is 51.5 Å². The van der Waals surface area contributed by atoms with E-state index in [-0.39, 0.29) is 37.9 Å². The number of nitrogens with one attached hydrogen (secondary N) is 1. The zero-order valence-corrected chi connectivity index (χ0v) is 15.6. The summed E-state index contributed by atoms with van der Waals surface area (Å²) < 4.78 is 6.51. The molecular weight excluding hydrogens is 366 g/mol. The average molecular weight is 387 g/mol. The van der Waals surface area contributed by atoms with Gasteiger partial charge in [0.25, 0.3) is 0 Å². The van der Waals surface area contributed by atoms with Crippen LogP contribution in [0.5, 0.6) is 5.75 Å². The topological polar surface area (TPSA) is 127 Å². The number of nitrogens with zero attached hydrogens (tertiary/aromatic N) is 4. The lowest BCUT2D eigenvalue weighted by Crippen LogP contribution is -2.32. The number of aryl methyl sites for hydroxylation is 1. The molecule has 3 rings (SSSR count). The zero-order chi connectivity index (χ0) is 20.3. The molecule has 1 saturated heterocycles. The number of methoxy groups -OCH3 is 1. The second-order valence-corrected chi connectivity index (χ2v) is 6.60. The molecule has 1 fully saturated rings. The first kappa shape index (κ1) is 19.3. The van der Waals surface area contributed by atoms with Gasteiger partial charge in [0.15, 0.2) is 0 Å². The molecular formula is C18H21N5O5. The van der Waals surface area contributed by atoms with E-state index in [0.717, 1.165) is 5.56 Å². The Bertz CT molecular complexity index is 910. The van der Waals surface area contributed by atoms with E-state index in [9.17, 15) is 14.4 Å². The van der Waals surface area contributed by atoms with Crippen molar-refractivity contribution in [3.05, 3.63) is 35.7 Å². The number of carboxylic acid groups (broad SMARTS) is 1. The number of aromatic nitrogens is 3. The van der Waals surface area contributed by atoms with E-state index >= 15 is 0 Å². The molecule has 0 bridgehead atoms. The lowest BCUT2D eigenvalue weighted by Gasteiger charge is -2.20. The van der Waals surface area contributed by atoms with Gasteiger partial charge in [-0.2, -0.15) is 0 Å². The number of aliphatic carboxylic acids is 1. The smallest absolute Gasteiger partial charge is 0.325 e. The molecule has 0 spiro atoms. The SMILES string of the molecule is COc1ccc(C)cc1N1CC(C(=O)NCc2cn(CC(=O)O)nn2)CC1=O. The Morgan fingerprint density at radius 3 is 2.89 bits per heavy atom. The summed E-state index contributed by atoms with van der Waals surface area (Å²) in [5.41, 5.74) is 2.08. The minimum Gasteiger partial charge on any atom is -0.495 e. The van der Waals surface area contributed by atoms with Gasteiger partial charge in [0.1, 0.15) is 18.0 Å². The fourth-order valence-corrected chi connectivity index (χ4v) is 3.08. The summed E-state index contributed by atoms with van der Waals surface area (Å²) in [5, 5.41) is 19.0. The first-order valence-corrected chi connectivity index (χ1v) is 8.71. The first-order valence-electron chi connectivity index (χ1n) is 8.71. The van der Waals surface area contributed by atoms with E-state index in [1.807, 2.05) is 19.1 Å². The lowest BCUT2D eigenvalue weighted by molar-refractivity contribution is -0.138. The number of hydrogen-bond donors (Lipinski definition) is 2. The fraction of sp³-hybridized carbons (Fsp3) is 0.389. The van der Waals surface area contributed by atoms with Crippen LogP contribution < -0.4 is 15.0 Å². The summed E-state index contributed by atoms with van der Waals surface area (Å²) >= 11 is 0. The standard InChI is InChI=1S/C18H21N5O5/c1-11-3-4-15(28-2)14(5-11)23-8-12(6-16(23)24)18(27)19-7-13-9-22(21-20-13)10-17(25)26/h3-5,9,12H,6-8,10H2,1-2H3,(H,19,27)(H,25,26). The molecule has 1 aromatic heterocycles. The highest BCUT2D eigenvalue weighted by atomic mass is 16.5. The lowest BCUT2D eigenvalue weighted by atomic mass is 10.1. The number of carbonyl (C=O) groups excluding carboxylic acids is 2. The molecule has 0 saturated carbocycles. The number of anilines is 1. The Hall–Kier alpha value is -3.43. The molecule has 28 heavy (non-hydrogen) atoms. The summed E-state index contributed by atoms with van der Waals surface area (Å²) in [5.74, 6) is -1.36. The van der Waals surface area contributed by atoms with Gasteiger partial charge >= 0.3 is 5.97 Å². The Labute approximate surface area is 161 Å². The molecule has 1 aliphatic heterocycles. The summed E-state index contributed by atoms with van der Waals surface area (Å²) in [4.78, 5) is 37.2. The van der Waals surface area contributed by atoms with Crippen molar-refractivity contribution < 1.29 is 24.2 Å². The molecule has 2 aromatic rings. The van der Waals surface area contributed by atoms with Crippen LogP contribution in [0.2, 0.25) is 0 Å². The number of hydrogen-bond acceptors (Lipinski definition) is 6. The third-order valence-electron chi connectivity index (χ3n) is 4.45. The number of amides is 2. The van der Waals surface area contributed by atoms with Gasteiger partial charge in [-0.3, -0.25) is 14.4 Å². The van der Waals surface area contributed by atoms with E-state index in [4.69, 9.17) is 9.84 Å². The highest BCUT2D eigenvalue weighted by molar-refractivity contribution is 6.01. The number of benzene rings is 1. The predicted molar refractivity (Wildman–Crippen MR) is 97.7 cm³/mol. The number of carbonyl (C=O) groups is 3. The molecule has 1 aliphatic rings. The van der Waals surface area contributed by atoms with Crippen LogP contribution in [0.15, 0.2) is 24.4 Å². The van der Waals surface area contributed by atoms with Crippen molar-refractivity contribution in [3.8, 4) is 5.75 Å². The van der Waals surface area contributed by atoms with Crippen LogP contribution >= 0.6 is 0 Å². The van der Waals surface area contributed by atoms with Gasteiger partial charge in [-0.25, -0.2) is 4.68 Å². The molecule has 0 aliphatic carbocycles. The summed E-state index contributed by atoms with van der Waals surface area (Å²) in [6, 6.07) is 5.55. The molecule has 0 radical (unpaired) electrons. The molecule has 1 unspecified atom stereocenters. The maximum absolute atomic E-state index is 12.5. The molecule has 10 heteroatoms. The highest BCUT2D eigenvalue weighted by Crippen LogP contribution is 2.33. The summed E-state index contributed by atoms with van der Waals surface area (Å²) in [6.45, 7) is 1.99. The third kappa shape index (κ3) is 4.27. The monoisotopic (exact) mass is 387 g/mol. The Morgan fingerprint density at radius 2 is 2.18 bits per heavy atom. The number of ether oxygens (including phenoxy) is 1. The Balaban J connectivity index is 1.62. The quantitative estimate of drug-likeness (QED) is 0.702. The maximum Gasteiger partial charge on any atom is 0.325 e. The largest absolute Gasteiger partial charge is 0.495 e. The van der Waals surface area contributed by atoms with Crippen molar-refractivity contribution in [2.24, 2.45) is 5.92 Å². The van der Waals surface area contributed by atoms with Gasteiger partial charge < -0.3 is 20.1 Å². The molecule has 2 amide bonds. The van der Waals surface area contributed by atoms with Gasteiger partial charge in [0, 0.05) is 13.0 Å². The zero-order valence-electron chi connectivity index (χ0n) is 15.6. The molecule has 2 heterocycles. The second kappa shape index (κ2) is 8.07. The first-order chi connectivity index (χ1) is 13.4. The molecule has 1 aromatic carbocycles. The summed E-state index contributed by atoms with van der Waals surface area (Å²) in [6.07, 6.45) is 1.56. The summed E-state index contributed by atoms with van der Waals surface area (Å²) in [7, 11) is 1.54. The van der Waals surface area contributed by atoms with Gasteiger partial charge in [0.2, 0.25) is 11.8 Å². The highest BCUT2D eigenvalue weighted by Gasteiger charge is 2.36. The number of carboxylic acids is 1. The van der Waals surface area contributed by atoms with Crippen LogP contribution in [0.25, 0.3) is 0 Å². The molecule has 148 valence electrons. The maximum atomic E-state index is 12.5. The van der Waals surface area contributed by atoms with Gasteiger partial charge in [-0.15, -0.1) is 5.10 Å². The minimum atomic E-state index is -1.03. The molecule has 2 N–H and O–H groups in total. The van der Waals surface area contributed by atoms with Crippen LogP contribution in [0, 0.1) is 12.8 Å². The van der Waals surface area contributed by atoms with Crippen LogP contribution in [0.4, 0.5) is 5.69 Å². The predicted octanol–water partition coefficient (Wildman–Crippen LogP) is 0.349. The minimum absolute atomic E-state index is 0.106. The average Bonchev–Trinajstić information content (AvgIpc) is 3.25. The van der Waals surface area contributed by atoms with Gasteiger partial charge in [0.05, 0.1) is 31.5 Å². The van der Waals surface area contributed by atoms with Crippen molar-refractivity contribution in [1.82, 2.24) is 20.3 Å². The fourth-order valence-electron chi connectivity index (χ4n) is 3.08. The van der Waals surface area contributed by atoms with Crippen LogP contribution in [0.3, 0.4) is 0 Å². The van der Waals surface area contributed by atoms with Crippen molar-refractivity contribution >= 4 is 23.5 Å². The van der Waals surface area contributed by atoms with Crippen molar-refractivity contribution in [2.75, 3.05) is 18.6 Å². The second-order valence-electron chi connectivity index (χ2n) is 6.60. The van der Waals surface area contributed by atoms with Crippen LogP contribution in [-0.2, 0) is 27.5 Å². The van der Waals surface area contributed by atoms with Crippen molar-refractivity contribution in [3.63, 3.8) is 0 Å². The van der Waals surface area contributed by atoms with Gasteiger partial charge in [-0.05, 0) is 24.6 Å². The third-order valence-corrected chi connectivity index (χ3v) is 4.45. The number of rotatable bonds is 7. The molecule has 10 nitrogen and oxygen atoms in total. The Kier molecular flexibility index (Phi) is 5.57. The van der Waals surface area contributed by atoms with E-state index in [2.05, 4.69) is 15.6 Å². The van der Waals surface area contributed by atoms with E-state index in [0.29, 0.717) is 17.1 Å².